The number of hydrogen-bond acceptors (Lipinski definition) is 4. The molecule has 0 spiro atoms. The lowest BCUT2D eigenvalue weighted by atomic mass is 9.87. The van der Waals surface area contributed by atoms with E-state index in [2.05, 4.69) is 76.6 Å². The number of nitrogens with one attached hydrogen (secondary N) is 1. The van der Waals surface area contributed by atoms with E-state index < -0.39 is 0 Å². The molecule has 1 unspecified atom stereocenters. The zero-order chi connectivity index (χ0) is 25.2. The van der Waals surface area contributed by atoms with Crippen molar-refractivity contribution in [2.24, 2.45) is 0 Å². The van der Waals surface area contributed by atoms with Crippen LogP contribution in [-0.2, 0) is 16.9 Å². The molecule has 0 fully saturated rings. The summed E-state index contributed by atoms with van der Waals surface area (Å²) in [5.74, 6) is 1.85. The Morgan fingerprint density at radius 3 is 2.66 bits per heavy atom. The molecule has 0 radical (unpaired) electrons. The van der Waals surface area contributed by atoms with Crippen LogP contribution in [-0.4, -0.2) is 12.2 Å². The minimum Gasteiger partial charge on any atom is -0.493 e. The molecule has 0 aromatic heterocycles. The van der Waals surface area contributed by atoms with Crippen LogP contribution in [0.5, 0.6) is 5.75 Å². The van der Waals surface area contributed by atoms with E-state index in [9.17, 15) is 0 Å². The lowest BCUT2D eigenvalue weighted by Crippen LogP contribution is -2.22. The molecule has 3 aromatic carbocycles. The van der Waals surface area contributed by atoms with Crippen LogP contribution >= 0.6 is 23.5 Å². The van der Waals surface area contributed by atoms with Crippen LogP contribution in [0.3, 0.4) is 0 Å². The van der Waals surface area contributed by atoms with Crippen molar-refractivity contribution in [3.63, 3.8) is 0 Å². The van der Waals surface area contributed by atoms with Crippen LogP contribution < -0.4 is 9.46 Å². The van der Waals surface area contributed by atoms with Gasteiger partial charge >= 0.3 is 0 Å². The summed E-state index contributed by atoms with van der Waals surface area (Å²) in [6.45, 7) is 13.7. The zero-order valence-electron chi connectivity index (χ0n) is 21.6. The third kappa shape index (κ3) is 6.35. The second-order valence-electron chi connectivity index (χ2n) is 10.3. The maximum absolute atomic E-state index is 6.50. The molecule has 0 amide bonds. The molecular formula is C30H36ClNO2S. The summed E-state index contributed by atoms with van der Waals surface area (Å²) in [7, 11) is 0. The van der Waals surface area contributed by atoms with Gasteiger partial charge in [0, 0.05) is 16.5 Å². The van der Waals surface area contributed by atoms with Crippen molar-refractivity contribution in [3.8, 4) is 16.9 Å². The lowest BCUT2D eigenvalue weighted by Gasteiger charge is -2.30. The van der Waals surface area contributed by atoms with Gasteiger partial charge in [0.15, 0.2) is 0 Å². The fourth-order valence-corrected chi connectivity index (χ4v) is 5.87. The van der Waals surface area contributed by atoms with Gasteiger partial charge in [0.25, 0.3) is 0 Å². The minimum absolute atomic E-state index is 0.0596. The SMILES string of the molecule is Cc1cc(NSCc2cccc(Cl)c2)c(C)c(C(C)OC(C)(C)C)c1-c1ccc2c(c1)CCCO2. The van der Waals surface area contributed by atoms with Crippen molar-refractivity contribution < 1.29 is 9.47 Å². The van der Waals surface area contributed by atoms with Crippen molar-refractivity contribution in [2.45, 2.75) is 71.8 Å². The molecule has 4 rings (SSSR count). The van der Waals surface area contributed by atoms with E-state index in [1.165, 1.54) is 38.9 Å². The number of halogens is 1. The fourth-order valence-electron chi connectivity index (χ4n) is 4.87. The van der Waals surface area contributed by atoms with Crippen LogP contribution in [0, 0.1) is 13.8 Å². The molecule has 0 saturated carbocycles. The van der Waals surface area contributed by atoms with Gasteiger partial charge in [-0.15, -0.1) is 0 Å². The molecule has 3 aromatic rings. The number of rotatable bonds is 7. The average molecular weight is 510 g/mol. The number of benzene rings is 3. The summed E-state index contributed by atoms with van der Waals surface area (Å²) in [6.07, 6.45) is 2.07. The minimum atomic E-state index is -0.245. The monoisotopic (exact) mass is 509 g/mol. The van der Waals surface area contributed by atoms with Crippen LogP contribution in [0.4, 0.5) is 5.69 Å². The number of fused-ring (bicyclic) bond motifs is 1. The topological polar surface area (TPSA) is 30.5 Å². The van der Waals surface area contributed by atoms with E-state index in [-0.39, 0.29) is 11.7 Å². The molecule has 1 aliphatic heterocycles. The predicted octanol–water partition coefficient (Wildman–Crippen LogP) is 9.09. The molecule has 186 valence electrons. The van der Waals surface area contributed by atoms with E-state index in [1.807, 2.05) is 18.2 Å². The van der Waals surface area contributed by atoms with Gasteiger partial charge in [0.2, 0.25) is 0 Å². The highest BCUT2D eigenvalue weighted by Gasteiger charge is 2.25. The van der Waals surface area contributed by atoms with Crippen molar-refractivity contribution in [3.05, 3.63) is 81.4 Å². The first-order valence-electron chi connectivity index (χ1n) is 12.3. The number of aryl methyl sites for hydroxylation is 2. The van der Waals surface area contributed by atoms with Crippen LogP contribution in [0.25, 0.3) is 11.1 Å². The summed E-state index contributed by atoms with van der Waals surface area (Å²) >= 11 is 7.84. The second-order valence-corrected chi connectivity index (χ2v) is 11.5. The predicted molar refractivity (Wildman–Crippen MR) is 151 cm³/mol. The van der Waals surface area contributed by atoms with E-state index in [4.69, 9.17) is 21.1 Å². The van der Waals surface area contributed by atoms with E-state index in [0.29, 0.717) is 0 Å². The molecule has 0 aliphatic carbocycles. The molecule has 5 heteroatoms. The molecule has 1 N–H and O–H groups in total. The van der Waals surface area contributed by atoms with Gasteiger partial charge < -0.3 is 14.2 Å². The Morgan fingerprint density at radius 2 is 1.91 bits per heavy atom. The molecule has 1 heterocycles. The van der Waals surface area contributed by atoms with Crippen LogP contribution in [0.2, 0.25) is 5.02 Å². The smallest absolute Gasteiger partial charge is 0.122 e. The molecule has 0 saturated heterocycles. The lowest BCUT2D eigenvalue weighted by molar-refractivity contribution is -0.0529. The quantitative estimate of drug-likeness (QED) is 0.322. The van der Waals surface area contributed by atoms with E-state index in [1.54, 1.807) is 11.9 Å². The fraction of sp³-hybridized carbons (Fsp3) is 0.400. The highest BCUT2D eigenvalue weighted by molar-refractivity contribution is 7.99. The summed E-state index contributed by atoms with van der Waals surface area (Å²) < 4.78 is 16.0. The van der Waals surface area contributed by atoms with Gasteiger partial charge in [0.05, 0.1) is 18.3 Å². The van der Waals surface area contributed by atoms with Crippen molar-refractivity contribution in [1.29, 1.82) is 0 Å². The third-order valence-electron chi connectivity index (χ3n) is 6.28. The van der Waals surface area contributed by atoms with Gasteiger partial charge in [-0.2, -0.15) is 0 Å². The zero-order valence-corrected chi connectivity index (χ0v) is 23.2. The van der Waals surface area contributed by atoms with Crippen LogP contribution in [0.1, 0.15) is 68.0 Å². The van der Waals surface area contributed by atoms with Gasteiger partial charge in [0.1, 0.15) is 5.75 Å². The molecule has 3 nitrogen and oxygen atoms in total. The van der Waals surface area contributed by atoms with Gasteiger partial charge in [-0.3, -0.25) is 0 Å². The standard InChI is InChI=1S/C30H36ClNO2S/c1-19-15-26(32-35-18-22-9-7-11-25(31)16-22)20(2)29(21(3)34-30(4,5)6)28(19)24-12-13-27-23(17-24)10-8-14-33-27/h7,9,11-13,15-17,21,32H,8,10,14,18H2,1-6H3. The Labute approximate surface area is 219 Å². The number of hydrogen-bond donors (Lipinski definition) is 1. The number of ether oxygens (including phenoxy) is 2. The van der Waals surface area contributed by atoms with E-state index >= 15 is 0 Å². The Hall–Kier alpha value is -2.14. The highest BCUT2D eigenvalue weighted by Crippen LogP contribution is 2.42. The highest BCUT2D eigenvalue weighted by atomic mass is 35.5. The third-order valence-corrected chi connectivity index (χ3v) is 7.35. The maximum Gasteiger partial charge on any atom is 0.122 e. The Bertz CT molecular complexity index is 1200. The van der Waals surface area contributed by atoms with Gasteiger partial charge in [-0.05, 0) is 136 Å². The summed E-state index contributed by atoms with van der Waals surface area (Å²) in [5, 5.41) is 0.769. The maximum atomic E-state index is 6.50. The summed E-state index contributed by atoms with van der Waals surface area (Å²) in [5.41, 5.74) is 9.55. The summed E-state index contributed by atoms with van der Waals surface area (Å²) in [6, 6.07) is 16.9. The Kier molecular flexibility index (Phi) is 8.05. The van der Waals surface area contributed by atoms with E-state index in [0.717, 1.165) is 41.7 Å². The molecular weight excluding hydrogens is 474 g/mol. The van der Waals surface area contributed by atoms with Gasteiger partial charge in [-0.1, -0.05) is 29.8 Å². The first kappa shape index (κ1) is 25.9. The van der Waals surface area contributed by atoms with Crippen molar-refractivity contribution in [1.82, 2.24) is 0 Å². The Balaban J connectivity index is 1.71. The molecule has 1 atom stereocenters. The largest absolute Gasteiger partial charge is 0.493 e. The molecule has 1 aliphatic rings. The number of anilines is 1. The molecule has 0 bridgehead atoms. The van der Waals surface area contributed by atoms with Gasteiger partial charge in [-0.25, -0.2) is 0 Å². The first-order chi connectivity index (χ1) is 16.6. The normalized spacial score (nSPS) is 14.3. The molecule has 35 heavy (non-hydrogen) atoms. The average Bonchev–Trinajstić information content (AvgIpc) is 2.79. The first-order valence-corrected chi connectivity index (χ1v) is 13.7. The second kappa shape index (κ2) is 10.9. The van der Waals surface area contributed by atoms with Crippen molar-refractivity contribution in [2.75, 3.05) is 11.3 Å². The summed E-state index contributed by atoms with van der Waals surface area (Å²) in [4.78, 5) is 0. The van der Waals surface area contributed by atoms with Crippen molar-refractivity contribution >= 4 is 29.2 Å². The Morgan fingerprint density at radius 1 is 1.11 bits per heavy atom. The van der Waals surface area contributed by atoms with Crippen LogP contribution in [0.15, 0.2) is 48.5 Å².